The largest absolute Gasteiger partial charge is 0.353 e. The number of aromatic nitrogens is 2. The first kappa shape index (κ1) is 20.7. The molecule has 0 spiro atoms. The fourth-order valence-electron chi connectivity index (χ4n) is 4.47. The molecule has 0 bridgehead atoms. The molecule has 154 valence electrons. The van der Waals surface area contributed by atoms with Crippen molar-refractivity contribution < 1.29 is 9.59 Å². The number of carbonyl (C=O) groups is 2. The van der Waals surface area contributed by atoms with Crippen LogP contribution in [0.3, 0.4) is 0 Å². The van der Waals surface area contributed by atoms with E-state index in [-0.39, 0.29) is 23.7 Å². The molecule has 3 rings (SSSR count). The molecule has 1 aromatic heterocycles. The third-order valence-electron chi connectivity index (χ3n) is 6.09. The number of piperidine rings is 1. The van der Waals surface area contributed by atoms with Gasteiger partial charge < -0.3 is 10.2 Å². The molecule has 28 heavy (non-hydrogen) atoms. The van der Waals surface area contributed by atoms with Gasteiger partial charge in [-0.25, -0.2) is 9.97 Å². The van der Waals surface area contributed by atoms with E-state index in [0.29, 0.717) is 19.0 Å². The van der Waals surface area contributed by atoms with Gasteiger partial charge >= 0.3 is 0 Å². The number of hydrogen-bond donors (Lipinski definition) is 1. The maximum atomic E-state index is 12.4. The van der Waals surface area contributed by atoms with Crippen molar-refractivity contribution >= 4 is 11.8 Å². The Morgan fingerprint density at radius 2 is 1.71 bits per heavy atom. The van der Waals surface area contributed by atoms with Gasteiger partial charge in [-0.1, -0.05) is 26.7 Å². The molecule has 2 fully saturated rings. The summed E-state index contributed by atoms with van der Waals surface area (Å²) in [6.45, 7) is 9.35. The molecule has 1 aliphatic heterocycles. The van der Waals surface area contributed by atoms with Crippen LogP contribution in [0.25, 0.3) is 0 Å². The maximum absolute atomic E-state index is 12.4. The van der Waals surface area contributed by atoms with E-state index >= 15 is 0 Å². The highest BCUT2D eigenvalue weighted by atomic mass is 16.2. The Labute approximate surface area is 168 Å². The molecule has 0 radical (unpaired) electrons. The smallest absolute Gasteiger partial charge is 0.225 e. The molecule has 2 aliphatic rings. The van der Waals surface area contributed by atoms with Crippen molar-refractivity contribution in [1.82, 2.24) is 20.2 Å². The fourth-order valence-corrected chi connectivity index (χ4v) is 4.47. The van der Waals surface area contributed by atoms with E-state index in [0.717, 1.165) is 55.0 Å². The van der Waals surface area contributed by atoms with E-state index < -0.39 is 0 Å². The van der Waals surface area contributed by atoms with Crippen molar-refractivity contribution in [2.24, 2.45) is 5.92 Å². The summed E-state index contributed by atoms with van der Waals surface area (Å²) in [5.74, 6) is 1.29. The molecule has 1 atom stereocenters. The molecule has 1 aliphatic carbocycles. The number of nitrogens with zero attached hydrogens (tertiary/aromatic N) is 3. The summed E-state index contributed by atoms with van der Waals surface area (Å²) in [5.41, 5.74) is 2.71. The Balaban J connectivity index is 1.68. The summed E-state index contributed by atoms with van der Waals surface area (Å²) in [4.78, 5) is 36.3. The molecule has 1 saturated carbocycles. The van der Waals surface area contributed by atoms with E-state index in [1.165, 1.54) is 12.8 Å². The molecule has 6 heteroatoms. The Morgan fingerprint density at radius 3 is 2.32 bits per heavy atom. The number of nitrogens with one attached hydrogen (secondary N) is 1. The van der Waals surface area contributed by atoms with Gasteiger partial charge in [0.05, 0.1) is 6.42 Å². The minimum atomic E-state index is 0.0175. The molecular formula is C22H34N4O2. The SMILES string of the molecule is Cc1nc([C@H]2CCCN(C(=O)C(C)C)C2)nc(C)c1CC(=O)NC1CCCC1. The zero-order valence-electron chi connectivity index (χ0n) is 17.8. The Hall–Kier alpha value is -1.98. The number of rotatable bonds is 5. The quantitative estimate of drug-likeness (QED) is 0.844. The first-order valence-electron chi connectivity index (χ1n) is 10.8. The fraction of sp³-hybridized carbons (Fsp3) is 0.727. The number of likely N-dealkylation sites (tertiary alicyclic amines) is 1. The lowest BCUT2D eigenvalue weighted by Gasteiger charge is -2.33. The Kier molecular flexibility index (Phi) is 6.68. The molecule has 1 aromatic rings. The van der Waals surface area contributed by atoms with E-state index in [9.17, 15) is 9.59 Å². The van der Waals surface area contributed by atoms with Crippen LogP contribution in [0.2, 0.25) is 0 Å². The van der Waals surface area contributed by atoms with Gasteiger partial charge in [-0.15, -0.1) is 0 Å². The van der Waals surface area contributed by atoms with Gasteiger partial charge in [-0.2, -0.15) is 0 Å². The lowest BCUT2D eigenvalue weighted by molar-refractivity contribution is -0.135. The van der Waals surface area contributed by atoms with Gasteiger partial charge in [-0.05, 0) is 39.5 Å². The third kappa shape index (κ3) is 4.89. The second-order valence-corrected chi connectivity index (χ2v) is 8.73. The van der Waals surface area contributed by atoms with Crippen LogP contribution in [0.1, 0.15) is 81.1 Å². The van der Waals surface area contributed by atoms with E-state index in [4.69, 9.17) is 9.97 Å². The predicted molar refractivity (Wildman–Crippen MR) is 109 cm³/mol. The van der Waals surface area contributed by atoms with Gasteiger partial charge in [-0.3, -0.25) is 9.59 Å². The molecule has 2 amide bonds. The van der Waals surface area contributed by atoms with Crippen LogP contribution >= 0.6 is 0 Å². The van der Waals surface area contributed by atoms with Crippen molar-refractivity contribution in [1.29, 1.82) is 0 Å². The summed E-state index contributed by atoms with van der Waals surface area (Å²) in [7, 11) is 0. The number of amides is 2. The highest BCUT2D eigenvalue weighted by Gasteiger charge is 2.28. The van der Waals surface area contributed by atoms with Crippen LogP contribution in [0.15, 0.2) is 0 Å². The topological polar surface area (TPSA) is 75.2 Å². The van der Waals surface area contributed by atoms with Crippen molar-refractivity contribution in [2.45, 2.75) is 84.6 Å². The van der Waals surface area contributed by atoms with Crippen LogP contribution in [0.4, 0.5) is 0 Å². The van der Waals surface area contributed by atoms with Gasteiger partial charge in [0.1, 0.15) is 5.82 Å². The lowest BCUT2D eigenvalue weighted by atomic mass is 9.95. The minimum absolute atomic E-state index is 0.0175. The Morgan fingerprint density at radius 1 is 1.07 bits per heavy atom. The molecule has 0 unspecified atom stereocenters. The second-order valence-electron chi connectivity index (χ2n) is 8.73. The van der Waals surface area contributed by atoms with Crippen molar-refractivity contribution in [3.63, 3.8) is 0 Å². The highest BCUT2D eigenvalue weighted by molar-refractivity contribution is 5.79. The molecular weight excluding hydrogens is 352 g/mol. The average Bonchev–Trinajstić information content (AvgIpc) is 3.16. The molecule has 0 aromatic carbocycles. The van der Waals surface area contributed by atoms with Crippen LogP contribution < -0.4 is 5.32 Å². The van der Waals surface area contributed by atoms with Crippen molar-refractivity contribution in [2.75, 3.05) is 13.1 Å². The van der Waals surface area contributed by atoms with Gasteiger partial charge in [0.25, 0.3) is 0 Å². The number of aryl methyl sites for hydroxylation is 2. The zero-order valence-corrected chi connectivity index (χ0v) is 17.8. The molecule has 2 heterocycles. The zero-order chi connectivity index (χ0) is 20.3. The van der Waals surface area contributed by atoms with Gasteiger partial charge in [0.2, 0.25) is 11.8 Å². The number of hydrogen-bond acceptors (Lipinski definition) is 4. The molecule has 1 N–H and O–H groups in total. The van der Waals surface area contributed by atoms with E-state index in [1.54, 1.807) is 0 Å². The maximum Gasteiger partial charge on any atom is 0.225 e. The minimum Gasteiger partial charge on any atom is -0.353 e. The van der Waals surface area contributed by atoms with Crippen LogP contribution in [0.5, 0.6) is 0 Å². The van der Waals surface area contributed by atoms with Gasteiger partial charge in [0.15, 0.2) is 0 Å². The number of carbonyl (C=O) groups excluding carboxylic acids is 2. The summed E-state index contributed by atoms with van der Waals surface area (Å²) in [6, 6.07) is 0.333. The summed E-state index contributed by atoms with van der Waals surface area (Å²) in [5, 5.41) is 3.15. The van der Waals surface area contributed by atoms with E-state index in [1.807, 2.05) is 32.6 Å². The van der Waals surface area contributed by atoms with Gasteiger partial charge in [0, 0.05) is 47.9 Å². The highest BCUT2D eigenvalue weighted by Crippen LogP contribution is 2.27. The summed E-state index contributed by atoms with van der Waals surface area (Å²) < 4.78 is 0. The predicted octanol–water partition coefficient (Wildman–Crippen LogP) is 3.06. The summed E-state index contributed by atoms with van der Waals surface area (Å²) >= 11 is 0. The molecule has 1 saturated heterocycles. The molecule has 6 nitrogen and oxygen atoms in total. The monoisotopic (exact) mass is 386 g/mol. The second kappa shape index (κ2) is 9.01. The average molecular weight is 387 g/mol. The summed E-state index contributed by atoms with van der Waals surface area (Å²) in [6.07, 6.45) is 6.92. The van der Waals surface area contributed by atoms with Crippen LogP contribution in [0, 0.1) is 19.8 Å². The van der Waals surface area contributed by atoms with Crippen molar-refractivity contribution in [3.05, 3.63) is 22.8 Å². The third-order valence-corrected chi connectivity index (χ3v) is 6.09. The first-order chi connectivity index (χ1) is 13.3. The lowest BCUT2D eigenvalue weighted by Crippen LogP contribution is -2.41. The Bertz CT molecular complexity index is 702. The van der Waals surface area contributed by atoms with Crippen LogP contribution in [-0.4, -0.2) is 45.8 Å². The van der Waals surface area contributed by atoms with Crippen molar-refractivity contribution in [3.8, 4) is 0 Å². The normalized spacial score (nSPS) is 20.6. The standard InChI is InChI=1S/C22H34N4O2/c1-14(2)22(28)26-11-7-8-17(13-26)21-23-15(3)19(16(4)24-21)12-20(27)25-18-9-5-6-10-18/h14,17-18H,5-13H2,1-4H3,(H,25,27)/t17-/m0/s1. The van der Waals surface area contributed by atoms with E-state index in [2.05, 4.69) is 5.32 Å². The first-order valence-corrected chi connectivity index (χ1v) is 10.8. The van der Waals surface area contributed by atoms with Crippen LogP contribution in [-0.2, 0) is 16.0 Å².